The number of hydrogen-bond acceptors (Lipinski definition) is 7. The highest BCUT2D eigenvalue weighted by Gasteiger charge is 2.64. The molecular formula is C22H15FN4O5. The minimum atomic E-state index is -1.17. The molecule has 0 aliphatic carbocycles. The van der Waals surface area contributed by atoms with Gasteiger partial charge in [0.15, 0.2) is 5.78 Å². The average Bonchev–Trinajstić information content (AvgIpc) is 3.27. The third kappa shape index (κ3) is 2.76. The zero-order chi connectivity index (χ0) is 22.6. The lowest BCUT2D eigenvalue weighted by Crippen LogP contribution is -2.46. The average molecular weight is 434 g/mol. The van der Waals surface area contributed by atoms with E-state index >= 15 is 0 Å². The lowest BCUT2D eigenvalue weighted by atomic mass is 9.86. The normalized spacial score (nSPS) is 25.8. The van der Waals surface area contributed by atoms with Gasteiger partial charge >= 0.3 is 0 Å². The number of anilines is 1. The fourth-order valence-electron chi connectivity index (χ4n) is 4.65. The van der Waals surface area contributed by atoms with Crippen molar-refractivity contribution in [2.24, 2.45) is 16.9 Å². The predicted molar refractivity (Wildman–Crippen MR) is 110 cm³/mol. The molecule has 3 aliphatic heterocycles. The minimum absolute atomic E-state index is 0.0259. The molecule has 0 radical (unpaired) electrons. The molecule has 0 saturated carbocycles. The Morgan fingerprint density at radius 3 is 2.56 bits per heavy atom. The first-order valence-electron chi connectivity index (χ1n) is 9.80. The molecule has 3 aliphatic rings. The van der Waals surface area contributed by atoms with Crippen LogP contribution in [0.5, 0.6) is 0 Å². The lowest BCUT2D eigenvalue weighted by molar-refractivity contribution is -0.384. The van der Waals surface area contributed by atoms with Gasteiger partial charge in [0.05, 0.1) is 28.5 Å². The highest BCUT2D eigenvalue weighted by molar-refractivity contribution is 6.24. The highest BCUT2D eigenvalue weighted by Crippen LogP contribution is 2.46. The number of allylic oxidation sites excluding steroid dienone is 1. The summed E-state index contributed by atoms with van der Waals surface area (Å²) in [6.07, 6.45) is 4.72. The van der Waals surface area contributed by atoms with Crippen LogP contribution in [0.2, 0.25) is 0 Å². The van der Waals surface area contributed by atoms with E-state index in [4.69, 9.17) is 0 Å². The molecule has 0 aromatic heterocycles. The largest absolute Gasteiger partial charge is 0.292 e. The number of halogens is 1. The highest BCUT2D eigenvalue weighted by atomic mass is 19.1. The molecule has 5 rings (SSSR count). The fraction of sp³-hybridized carbons (Fsp3) is 0.182. The van der Waals surface area contributed by atoms with Gasteiger partial charge in [-0.05, 0) is 18.2 Å². The van der Waals surface area contributed by atoms with Crippen molar-refractivity contribution in [3.05, 3.63) is 82.2 Å². The van der Waals surface area contributed by atoms with Gasteiger partial charge in [-0.25, -0.2) is 9.29 Å². The Bertz CT molecular complexity index is 1240. The van der Waals surface area contributed by atoms with Gasteiger partial charge in [0.2, 0.25) is 11.8 Å². The molecule has 2 saturated heterocycles. The Kier molecular flexibility index (Phi) is 4.43. The van der Waals surface area contributed by atoms with E-state index in [0.717, 1.165) is 17.0 Å². The smallest absolute Gasteiger partial charge is 0.270 e. The van der Waals surface area contributed by atoms with Gasteiger partial charge < -0.3 is 0 Å². The number of hydrogen-bond donors (Lipinski definition) is 0. The van der Waals surface area contributed by atoms with E-state index in [1.165, 1.54) is 47.6 Å². The van der Waals surface area contributed by atoms with Crippen molar-refractivity contribution in [3.63, 3.8) is 0 Å². The summed E-state index contributed by atoms with van der Waals surface area (Å²) in [5.74, 6) is -4.68. The van der Waals surface area contributed by atoms with E-state index in [1.54, 1.807) is 12.2 Å². The monoisotopic (exact) mass is 434 g/mol. The molecule has 9 nitrogen and oxygen atoms in total. The molecule has 2 aromatic rings. The Labute approximate surface area is 180 Å². The van der Waals surface area contributed by atoms with E-state index in [9.17, 15) is 28.9 Å². The molecule has 160 valence electrons. The molecule has 10 heteroatoms. The summed E-state index contributed by atoms with van der Waals surface area (Å²) in [6, 6.07) is 8.76. The van der Waals surface area contributed by atoms with Crippen LogP contribution >= 0.6 is 0 Å². The summed E-state index contributed by atoms with van der Waals surface area (Å²) >= 11 is 0. The fourth-order valence-corrected chi connectivity index (χ4v) is 4.65. The maximum absolute atomic E-state index is 14.4. The zero-order valence-electron chi connectivity index (χ0n) is 16.4. The number of nitrogens with zero attached hydrogens (tertiary/aromatic N) is 4. The molecule has 0 bridgehead atoms. The van der Waals surface area contributed by atoms with E-state index in [2.05, 4.69) is 5.10 Å². The van der Waals surface area contributed by atoms with Gasteiger partial charge in [0.25, 0.3) is 5.69 Å². The van der Waals surface area contributed by atoms with Gasteiger partial charge in [-0.1, -0.05) is 30.3 Å². The summed E-state index contributed by atoms with van der Waals surface area (Å²) in [4.78, 5) is 51.4. The molecule has 4 atom stereocenters. The molecule has 0 spiro atoms. The van der Waals surface area contributed by atoms with E-state index in [-0.39, 0.29) is 16.9 Å². The third-order valence-corrected chi connectivity index (χ3v) is 5.99. The first-order chi connectivity index (χ1) is 15.4. The van der Waals surface area contributed by atoms with Gasteiger partial charge in [0.1, 0.15) is 11.9 Å². The molecule has 2 fully saturated rings. The number of ketones is 1. The van der Waals surface area contributed by atoms with Crippen molar-refractivity contribution in [2.45, 2.75) is 12.1 Å². The second-order valence-electron chi connectivity index (χ2n) is 7.65. The molecule has 0 N–H and O–H groups in total. The van der Waals surface area contributed by atoms with Crippen LogP contribution in [0.4, 0.5) is 15.8 Å². The number of benzene rings is 2. The predicted octanol–water partition coefficient (Wildman–Crippen LogP) is 2.33. The van der Waals surface area contributed by atoms with Gasteiger partial charge in [-0.15, -0.1) is 0 Å². The van der Waals surface area contributed by atoms with Crippen molar-refractivity contribution < 1.29 is 23.7 Å². The van der Waals surface area contributed by atoms with Crippen LogP contribution in [0.15, 0.2) is 65.8 Å². The Balaban J connectivity index is 1.59. The summed E-state index contributed by atoms with van der Waals surface area (Å²) in [6.45, 7) is 0. The van der Waals surface area contributed by atoms with Crippen LogP contribution in [-0.4, -0.2) is 45.8 Å². The van der Waals surface area contributed by atoms with E-state index in [0.29, 0.717) is 0 Å². The molecule has 2 aromatic carbocycles. The zero-order valence-corrected chi connectivity index (χ0v) is 16.4. The number of carbonyl (C=O) groups excluding carboxylic acids is 3. The summed E-state index contributed by atoms with van der Waals surface area (Å²) in [5, 5.41) is 16.8. The number of carbonyl (C=O) groups is 3. The maximum Gasteiger partial charge on any atom is 0.270 e. The SMILES string of the molecule is O=C(c1cccc([N+](=O)[O-])c1)[C@@H]1[C@@H]2C(=O)N(c3ccccc3F)C(=O)[C@@H]2[C@@H]2C=CC=NN12. The number of para-hydroxylation sites is 1. The Morgan fingerprint density at radius 1 is 1.06 bits per heavy atom. The summed E-state index contributed by atoms with van der Waals surface area (Å²) < 4.78 is 14.4. The lowest BCUT2D eigenvalue weighted by Gasteiger charge is -2.30. The third-order valence-electron chi connectivity index (χ3n) is 5.99. The number of imide groups is 1. The van der Waals surface area contributed by atoms with E-state index < -0.39 is 52.3 Å². The quantitative estimate of drug-likeness (QED) is 0.316. The second-order valence-corrected chi connectivity index (χ2v) is 7.65. The number of fused-ring (bicyclic) bond motifs is 3. The molecule has 2 amide bonds. The Hall–Kier alpha value is -4.21. The second kappa shape index (κ2) is 7.19. The van der Waals surface area contributed by atoms with Crippen LogP contribution in [-0.2, 0) is 9.59 Å². The van der Waals surface area contributed by atoms with Crippen molar-refractivity contribution in [2.75, 3.05) is 4.90 Å². The summed E-state index contributed by atoms with van der Waals surface area (Å²) in [5.41, 5.74) is -0.419. The first-order valence-corrected chi connectivity index (χ1v) is 9.80. The minimum Gasteiger partial charge on any atom is -0.292 e. The molecular weight excluding hydrogens is 419 g/mol. The van der Waals surface area contributed by atoms with E-state index in [1.807, 2.05) is 0 Å². The number of nitro groups is 1. The van der Waals surface area contributed by atoms with Crippen molar-refractivity contribution in [1.29, 1.82) is 0 Å². The van der Waals surface area contributed by atoms with Crippen LogP contribution in [0.25, 0.3) is 0 Å². The molecule has 0 unspecified atom stereocenters. The number of rotatable bonds is 4. The maximum atomic E-state index is 14.4. The number of amides is 2. The topological polar surface area (TPSA) is 113 Å². The molecule has 3 heterocycles. The standard InChI is InChI=1S/C22H15FN4O5/c23-14-7-1-2-8-15(14)25-21(29)17-16-9-4-10-24-26(16)19(18(17)22(25)30)20(28)12-5-3-6-13(11-12)27(31)32/h1-11,16-19H/t16-,17+,18+,19-/m0/s1. The van der Waals surface area contributed by atoms with Gasteiger partial charge in [0, 0.05) is 23.9 Å². The number of non-ortho nitro benzene ring substituents is 1. The van der Waals surface area contributed by atoms with Gasteiger partial charge in [-0.2, -0.15) is 5.10 Å². The van der Waals surface area contributed by atoms with Crippen LogP contribution in [0.3, 0.4) is 0 Å². The first kappa shape index (κ1) is 19.7. The van der Waals surface area contributed by atoms with Crippen molar-refractivity contribution >= 4 is 35.2 Å². The van der Waals surface area contributed by atoms with Crippen LogP contribution < -0.4 is 4.90 Å². The number of Topliss-reactive ketones (excluding diaryl/α,β-unsaturated/α-hetero) is 1. The summed E-state index contributed by atoms with van der Waals surface area (Å²) in [7, 11) is 0. The van der Waals surface area contributed by atoms with Crippen LogP contribution in [0, 0.1) is 27.8 Å². The Morgan fingerprint density at radius 2 is 1.81 bits per heavy atom. The van der Waals surface area contributed by atoms with Crippen molar-refractivity contribution in [3.8, 4) is 0 Å². The van der Waals surface area contributed by atoms with Crippen molar-refractivity contribution in [1.82, 2.24) is 5.01 Å². The number of hydrazone groups is 1. The molecule has 32 heavy (non-hydrogen) atoms. The van der Waals surface area contributed by atoms with Crippen LogP contribution in [0.1, 0.15) is 10.4 Å². The number of nitro benzene ring substituents is 1. The van der Waals surface area contributed by atoms with Gasteiger partial charge in [-0.3, -0.25) is 29.5 Å².